The van der Waals surface area contributed by atoms with Crippen LogP contribution in [0.3, 0.4) is 0 Å². The van der Waals surface area contributed by atoms with Gasteiger partial charge >= 0.3 is 6.03 Å². The van der Waals surface area contributed by atoms with Gasteiger partial charge in [-0.05, 0) is 30.2 Å². The molecular formula is C16H16N2O. The van der Waals surface area contributed by atoms with E-state index in [1.807, 2.05) is 48.2 Å². The van der Waals surface area contributed by atoms with Gasteiger partial charge in [0.1, 0.15) is 0 Å². The second kappa shape index (κ2) is 4.76. The first kappa shape index (κ1) is 11.8. The largest absolute Gasteiger partial charge is 0.322 e. The van der Waals surface area contributed by atoms with Gasteiger partial charge in [0, 0.05) is 18.8 Å². The number of anilines is 1. The number of carbonyl (C=O) groups is 1. The molecule has 0 spiro atoms. The van der Waals surface area contributed by atoms with Crippen molar-refractivity contribution < 1.29 is 4.79 Å². The van der Waals surface area contributed by atoms with Gasteiger partial charge in [-0.15, -0.1) is 0 Å². The molecule has 0 fully saturated rings. The molecule has 19 heavy (non-hydrogen) atoms. The fraction of sp³-hybridized carbons (Fsp3) is 0.188. The molecule has 2 aromatic carbocycles. The van der Waals surface area contributed by atoms with Crippen LogP contribution in [0.1, 0.15) is 16.7 Å². The zero-order valence-corrected chi connectivity index (χ0v) is 10.9. The highest BCUT2D eigenvalue weighted by atomic mass is 16.2. The average molecular weight is 252 g/mol. The van der Waals surface area contributed by atoms with Gasteiger partial charge in [-0.2, -0.15) is 0 Å². The van der Waals surface area contributed by atoms with E-state index in [2.05, 4.69) is 17.4 Å². The zero-order valence-electron chi connectivity index (χ0n) is 10.9. The third-order valence-corrected chi connectivity index (χ3v) is 3.43. The number of aryl methyl sites for hydroxylation is 1. The number of fused-ring (bicyclic) bond motifs is 1. The van der Waals surface area contributed by atoms with Crippen molar-refractivity contribution >= 4 is 11.7 Å². The molecule has 0 saturated carbocycles. The third-order valence-electron chi connectivity index (χ3n) is 3.43. The van der Waals surface area contributed by atoms with Crippen LogP contribution in [-0.4, -0.2) is 10.9 Å². The van der Waals surface area contributed by atoms with Gasteiger partial charge in [-0.25, -0.2) is 4.79 Å². The second-order valence-corrected chi connectivity index (χ2v) is 4.92. The molecule has 1 aliphatic heterocycles. The van der Waals surface area contributed by atoms with Crippen molar-refractivity contribution in [3.63, 3.8) is 0 Å². The van der Waals surface area contributed by atoms with E-state index < -0.39 is 0 Å². The molecule has 0 saturated heterocycles. The van der Waals surface area contributed by atoms with E-state index >= 15 is 0 Å². The highest BCUT2D eigenvalue weighted by Gasteiger charge is 2.22. The smallest absolute Gasteiger partial charge is 0.316 e. The summed E-state index contributed by atoms with van der Waals surface area (Å²) in [5, 5.41) is 2.93. The summed E-state index contributed by atoms with van der Waals surface area (Å²) in [5.74, 6) is 0. The molecule has 0 aromatic heterocycles. The number of rotatable bonds is 1. The summed E-state index contributed by atoms with van der Waals surface area (Å²) in [4.78, 5) is 14.0. The van der Waals surface area contributed by atoms with Crippen molar-refractivity contribution in [3.8, 4) is 0 Å². The minimum atomic E-state index is -0.0416. The molecule has 2 aromatic rings. The molecule has 0 radical (unpaired) electrons. The van der Waals surface area contributed by atoms with Gasteiger partial charge in [0.05, 0.1) is 0 Å². The van der Waals surface area contributed by atoms with Crippen molar-refractivity contribution in [2.75, 3.05) is 5.32 Å². The second-order valence-electron chi connectivity index (χ2n) is 4.92. The molecule has 3 rings (SSSR count). The quantitative estimate of drug-likeness (QED) is 0.827. The maximum atomic E-state index is 12.2. The molecule has 1 heterocycles. The Morgan fingerprint density at radius 3 is 2.16 bits per heavy atom. The molecule has 0 atom stereocenters. The predicted octanol–water partition coefficient (Wildman–Crippen LogP) is 3.54. The van der Waals surface area contributed by atoms with Crippen molar-refractivity contribution in [3.05, 3.63) is 65.2 Å². The Kier molecular flexibility index (Phi) is 2.95. The Balaban J connectivity index is 1.68. The van der Waals surface area contributed by atoms with E-state index in [-0.39, 0.29) is 6.03 Å². The minimum Gasteiger partial charge on any atom is -0.316 e. The van der Waals surface area contributed by atoms with Crippen LogP contribution < -0.4 is 5.32 Å². The lowest BCUT2D eigenvalue weighted by Crippen LogP contribution is -2.30. The summed E-state index contributed by atoms with van der Waals surface area (Å²) < 4.78 is 0. The number of nitrogens with one attached hydrogen (secondary N) is 1. The van der Waals surface area contributed by atoms with Crippen molar-refractivity contribution in [1.29, 1.82) is 0 Å². The number of amides is 2. The lowest BCUT2D eigenvalue weighted by atomic mass is 10.1. The van der Waals surface area contributed by atoms with E-state index in [1.165, 1.54) is 16.7 Å². The Hall–Kier alpha value is -2.29. The van der Waals surface area contributed by atoms with E-state index in [1.54, 1.807) is 0 Å². The molecule has 0 unspecified atom stereocenters. The summed E-state index contributed by atoms with van der Waals surface area (Å²) in [6, 6.07) is 16.0. The molecule has 0 bridgehead atoms. The van der Waals surface area contributed by atoms with Crippen molar-refractivity contribution in [2.45, 2.75) is 20.0 Å². The Labute approximate surface area is 112 Å². The molecule has 1 aliphatic rings. The van der Waals surface area contributed by atoms with Gasteiger partial charge in [0.15, 0.2) is 0 Å². The number of hydrogen-bond acceptors (Lipinski definition) is 1. The number of carbonyl (C=O) groups excluding carboxylic acids is 1. The first-order valence-electron chi connectivity index (χ1n) is 6.42. The standard InChI is InChI=1S/C16H16N2O/c1-12-6-8-15(9-7-12)17-16(19)18-10-13-4-2-3-5-14(13)11-18/h2-9H,10-11H2,1H3,(H,17,19). The van der Waals surface area contributed by atoms with E-state index in [0.717, 1.165) is 5.69 Å². The number of hydrogen-bond donors (Lipinski definition) is 1. The topological polar surface area (TPSA) is 32.3 Å². The molecule has 2 amide bonds. The number of nitrogens with zero attached hydrogens (tertiary/aromatic N) is 1. The maximum absolute atomic E-state index is 12.2. The van der Waals surface area contributed by atoms with Crippen LogP contribution in [0.2, 0.25) is 0 Å². The fourth-order valence-corrected chi connectivity index (χ4v) is 2.32. The summed E-state index contributed by atoms with van der Waals surface area (Å²) >= 11 is 0. The number of benzene rings is 2. The third kappa shape index (κ3) is 2.45. The Morgan fingerprint density at radius 2 is 1.58 bits per heavy atom. The normalized spacial score (nSPS) is 13.2. The lowest BCUT2D eigenvalue weighted by Gasteiger charge is -2.16. The SMILES string of the molecule is Cc1ccc(NC(=O)N2Cc3ccccc3C2)cc1. The zero-order chi connectivity index (χ0) is 13.2. The Bertz CT molecular complexity index is 579. The van der Waals surface area contributed by atoms with Crippen LogP contribution >= 0.6 is 0 Å². The van der Waals surface area contributed by atoms with Crippen LogP contribution in [0.25, 0.3) is 0 Å². The van der Waals surface area contributed by atoms with Gasteiger partial charge < -0.3 is 10.2 Å². The highest BCUT2D eigenvalue weighted by molar-refractivity contribution is 5.89. The maximum Gasteiger partial charge on any atom is 0.322 e. The summed E-state index contributed by atoms with van der Waals surface area (Å²) in [5.41, 5.74) is 4.50. The highest BCUT2D eigenvalue weighted by Crippen LogP contribution is 2.23. The summed E-state index contributed by atoms with van der Waals surface area (Å²) in [6.45, 7) is 3.41. The van der Waals surface area contributed by atoms with Crippen LogP contribution in [-0.2, 0) is 13.1 Å². The monoisotopic (exact) mass is 252 g/mol. The van der Waals surface area contributed by atoms with Gasteiger partial charge in [-0.3, -0.25) is 0 Å². The van der Waals surface area contributed by atoms with Crippen LogP contribution in [0, 0.1) is 6.92 Å². The van der Waals surface area contributed by atoms with E-state index in [0.29, 0.717) is 13.1 Å². The van der Waals surface area contributed by atoms with Gasteiger partial charge in [-0.1, -0.05) is 42.0 Å². The summed E-state index contributed by atoms with van der Waals surface area (Å²) in [7, 11) is 0. The number of urea groups is 1. The van der Waals surface area contributed by atoms with Crippen molar-refractivity contribution in [1.82, 2.24) is 4.90 Å². The first-order chi connectivity index (χ1) is 9.22. The van der Waals surface area contributed by atoms with Gasteiger partial charge in [0.25, 0.3) is 0 Å². The molecule has 3 heteroatoms. The molecule has 0 aliphatic carbocycles. The van der Waals surface area contributed by atoms with E-state index in [9.17, 15) is 4.79 Å². The fourth-order valence-electron chi connectivity index (χ4n) is 2.32. The van der Waals surface area contributed by atoms with Crippen LogP contribution in [0.15, 0.2) is 48.5 Å². The van der Waals surface area contributed by atoms with Crippen molar-refractivity contribution in [2.24, 2.45) is 0 Å². The van der Waals surface area contributed by atoms with E-state index in [4.69, 9.17) is 0 Å². The minimum absolute atomic E-state index is 0.0416. The lowest BCUT2D eigenvalue weighted by molar-refractivity contribution is 0.212. The van der Waals surface area contributed by atoms with Crippen LogP contribution in [0.4, 0.5) is 10.5 Å². The van der Waals surface area contributed by atoms with Gasteiger partial charge in [0.2, 0.25) is 0 Å². The summed E-state index contributed by atoms with van der Waals surface area (Å²) in [6.07, 6.45) is 0. The predicted molar refractivity (Wildman–Crippen MR) is 75.9 cm³/mol. The Morgan fingerprint density at radius 1 is 1.00 bits per heavy atom. The average Bonchev–Trinajstić information content (AvgIpc) is 2.85. The van der Waals surface area contributed by atoms with Crippen LogP contribution in [0.5, 0.6) is 0 Å². The molecule has 3 nitrogen and oxygen atoms in total. The molecule has 96 valence electrons. The molecular weight excluding hydrogens is 236 g/mol. The molecule has 1 N–H and O–H groups in total. The first-order valence-corrected chi connectivity index (χ1v) is 6.42.